The second kappa shape index (κ2) is 10.1. The molecule has 2 N–H and O–H groups in total. The number of fused-ring (bicyclic) bond motifs is 1. The molecule has 0 spiro atoms. The van der Waals surface area contributed by atoms with Crippen LogP contribution in [0.1, 0.15) is 49.5 Å². The Balaban J connectivity index is 1.62. The van der Waals surface area contributed by atoms with Gasteiger partial charge in [-0.3, -0.25) is 9.59 Å². The van der Waals surface area contributed by atoms with Gasteiger partial charge in [0.25, 0.3) is 5.91 Å². The minimum atomic E-state index is -4.45. The van der Waals surface area contributed by atoms with Crippen molar-refractivity contribution in [2.24, 2.45) is 18.4 Å². The van der Waals surface area contributed by atoms with E-state index >= 15 is 0 Å². The Morgan fingerprint density at radius 2 is 1.82 bits per heavy atom. The summed E-state index contributed by atoms with van der Waals surface area (Å²) in [6.45, 7) is 6.52. The lowest BCUT2D eigenvalue weighted by atomic mass is 9.85. The van der Waals surface area contributed by atoms with Crippen molar-refractivity contribution < 1.29 is 27.3 Å². The summed E-state index contributed by atoms with van der Waals surface area (Å²) in [6.07, 6.45) is -0.0774. The molecular weight excluding hydrogens is 497 g/mol. The summed E-state index contributed by atoms with van der Waals surface area (Å²) in [7, 11) is 1.74. The Bertz CT molecular complexity index is 1390. The number of alkyl halides is 3. The standard InChI is InChI=1S/C27H29F3N6O2/c1-26(2,3)22(25(38)36-11-9-16(13-31)10-12-36)34-24(37)19-14-32-23-21(19)33-20(15-35(23)4)17-5-7-18(8-6-17)27(28,29)30/h5-8,14-16,22H,9-12H2,1-4H3,(H,34,37)/p+1. The number of aryl methyl sites for hydroxylation is 1. The van der Waals surface area contributed by atoms with Gasteiger partial charge in [-0.2, -0.15) is 18.4 Å². The molecule has 1 saturated heterocycles. The molecule has 1 fully saturated rings. The van der Waals surface area contributed by atoms with Crippen LogP contribution in [0.5, 0.6) is 0 Å². The van der Waals surface area contributed by atoms with Crippen molar-refractivity contribution in [1.82, 2.24) is 20.2 Å². The normalized spacial score (nSPS) is 15.8. The van der Waals surface area contributed by atoms with Crippen LogP contribution in [0.15, 0.2) is 36.7 Å². The number of likely N-dealkylation sites (tertiary alicyclic amines) is 1. The van der Waals surface area contributed by atoms with Crippen molar-refractivity contribution in [1.29, 1.82) is 5.26 Å². The summed E-state index contributed by atoms with van der Waals surface area (Å²) in [5, 5.41) is 12.0. The van der Waals surface area contributed by atoms with Gasteiger partial charge in [0, 0.05) is 24.6 Å². The summed E-state index contributed by atoms with van der Waals surface area (Å²) in [6, 6.07) is 6.10. The fraction of sp³-hybridized carbons (Fsp3) is 0.444. The van der Waals surface area contributed by atoms with Gasteiger partial charge in [0.05, 0.1) is 18.7 Å². The van der Waals surface area contributed by atoms with Gasteiger partial charge in [0.15, 0.2) is 5.52 Å². The summed E-state index contributed by atoms with van der Waals surface area (Å²) >= 11 is 0. The van der Waals surface area contributed by atoms with E-state index in [4.69, 9.17) is 5.26 Å². The number of amides is 2. The molecule has 1 aliphatic rings. The van der Waals surface area contributed by atoms with Crippen molar-refractivity contribution in [3.8, 4) is 17.3 Å². The molecule has 11 heteroatoms. The summed E-state index contributed by atoms with van der Waals surface area (Å²) in [5.74, 6) is -0.766. The largest absolute Gasteiger partial charge is 0.416 e. The lowest BCUT2D eigenvalue weighted by Gasteiger charge is -2.37. The van der Waals surface area contributed by atoms with Gasteiger partial charge in [-0.05, 0) is 30.4 Å². The van der Waals surface area contributed by atoms with E-state index in [-0.39, 0.29) is 17.4 Å². The number of aromatic nitrogens is 3. The molecule has 2 aromatic heterocycles. The Hall–Kier alpha value is -3.94. The minimum absolute atomic E-state index is 0.0707. The number of carbonyl (C=O) groups is 2. The minimum Gasteiger partial charge on any atom is -0.341 e. The van der Waals surface area contributed by atoms with Crippen molar-refractivity contribution in [2.45, 2.75) is 45.8 Å². The van der Waals surface area contributed by atoms with Crippen molar-refractivity contribution in [3.63, 3.8) is 0 Å². The second-order valence-electron chi connectivity index (χ2n) is 10.7. The molecule has 4 rings (SSSR count). The molecule has 0 saturated carbocycles. The SMILES string of the molecule is C[n+]1cc(-c2ccc(C(F)(F)F)cc2)nc2c(C(=O)NC(C(=O)N3CCC(C#N)CC3)C(C)(C)C)c[nH]c21. The first kappa shape index (κ1) is 27.1. The zero-order valence-corrected chi connectivity index (χ0v) is 21.7. The molecule has 1 unspecified atom stereocenters. The third-order valence-corrected chi connectivity index (χ3v) is 6.86. The third-order valence-electron chi connectivity index (χ3n) is 6.86. The van der Waals surface area contributed by atoms with Crippen LogP contribution >= 0.6 is 0 Å². The highest BCUT2D eigenvalue weighted by molar-refractivity contribution is 6.05. The molecule has 3 heterocycles. The zero-order chi connectivity index (χ0) is 27.8. The predicted molar refractivity (Wildman–Crippen MR) is 133 cm³/mol. The number of piperidine rings is 1. The van der Waals surface area contributed by atoms with Crippen LogP contribution in [0.3, 0.4) is 0 Å². The molecule has 38 heavy (non-hydrogen) atoms. The van der Waals surface area contributed by atoms with E-state index in [1.54, 1.807) is 22.7 Å². The molecule has 8 nitrogen and oxygen atoms in total. The Morgan fingerprint density at radius 3 is 2.37 bits per heavy atom. The van der Waals surface area contributed by atoms with Gasteiger partial charge in [0.1, 0.15) is 29.7 Å². The second-order valence-corrected chi connectivity index (χ2v) is 10.7. The van der Waals surface area contributed by atoms with Crippen LogP contribution in [-0.2, 0) is 18.0 Å². The number of nitrogens with zero attached hydrogens (tertiary/aromatic N) is 4. The number of aromatic amines is 1. The third kappa shape index (κ3) is 5.49. The highest BCUT2D eigenvalue weighted by Crippen LogP contribution is 2.31. The quantitative estimate of drug-likeness (QED) is 0.501. The van der Waals surface area contributed by atoms with E-state index in [2.05, 4.69) is 21.4 Å². The van der Waals surface area contributed by atoms with Gasteiger partial charge in [-0.25, -0.2) is 14.5 Å². The fourth-order valence-electron chi connectivity index (χ4n) is 4.60. The van der Waals surface area contributed by atoms with Crippen LogP contribution in [0.2, 0.25) is 0 Å². The van der Waals surface area contributed by atoms with Crippen LogP contribution in [-0.4, -0.2) is 45.8 Å². The van der Waals surface area contributed by atoms with Crippen LogP contribution in [0.4, 0.5) is 13.2 Å². The number of nitrogens with one attached hydrogen (secondary N) is 2. The van der Waals surface area contributed by atoms with E-state index in [1.165, 1.54) is 18.3 Å². The Kier molecular flexibility index (Phi) is 7.19. The number of H-pyrrole nitrogens is 1. The first-order valence-corrected chi connectivity index (χ1v) is 12.3. The highest BCUT2D eigenvalue weighted by atomic mass is 19.4. The highest BCUT2D eigenvalue weighted by Gasteiger charge is 2.38. The molecule has 3 aromatic rings. The maximum atomic E-state index is 13.5. The topological polar surface area (TPSA) is 106 Å². The molecule has 0 radical (unpaired) electrons. The number of hydrogen-bond donors (Lipinski definition) is 2. The lowest BCUT2D eigenvalue weighted by Crippen LogP contribution is -2.56. The number of carbonyl (C=O) groups excluding carboxylic acids is 2. The number of nitriles is 1. The first-order valence-electron chi connectivity index (χ1n) is 12.3. The summed E-state index contributed by atoms with van der Waals surface area (Å²) < 4.78 is 40.7. The van der Waals surface area contributed by atoms with Gasteiger partial charge >= 0.3 is 11.8 Å². The van der Waals surface area contributed by atoms with E-state index in [0.717, 1.165) is 12.1 Å². The molecule has 0 aliphatic carbocycles. The monoisotopic (exact) mass is 527 g/mol. The van der Waals surface area contributed by atoms with Crippen molar-refractivity contribution in [2.75, 3.05) is 13.1 Å². The van der Waals surface area contributed by atoms with Gasteiger partial charge in [0.2, 0.25) is 5.91 Å². The average Bonchev–Trinajstić information content (AvgIpc) is 3.30. The molecule has 200 valence electrons. The number of rotatable bonds is 4. The maximum Gasteiger partial charge on any atom is 0.416 e. The van der Waals surface area contributed by atoms with E-state index in [1.807, 2.05) is 20.8 Å². The van der Waals surface area contributed by atoms with E-state index < -0.39 is 29.1 Å². The average molecular weight is 528 g/mol. The predicted octanol–water partition coefficient (Wildman–Crippen LogP) is 3.98. The zero-order valence-electron chi connectivity index (χ0n) is 21.7. The van der Waals surface area contributed by atoms with Crippen LogP contribution in [0, 0.1) is 22.7 Å². The van der Waals surface area contributed by atoms with Gasteiger partial charge in [-0.1, -0.05) is 32.9 Å². The van der Waals surface area contributed by atoms with Crippen LogP contribution in [0.25, 0.3) is 22.4 Å². The van der Waals surface area contributed by atoms with Gasteiger partial charge < -0.3 is 10.2 Å². The lowest BCUT2D eigenvalue weighted by molar-refractivity contribution is -0.646. The number of halogens is 3. The molecule has 0 bridgehead atoms. The molecule has 2 amide bonds. The molecule has 1 aliphatic heterocycles. The van der Waals surface area contributed by atoms with Crippen molar-refractivity contribution in [3.05, 3.63) is 47.8 Å². The molecule has 1 atom stereocenters. The maximum absolute atomic E-state index is 13.5. The van der Waals surface area contributed by atoms with Gasteiger partial charge in [-0.15, -0.1) is 0 Å². The number of hydrogen-bond acceptors (Lipinski definition) is 4. The van der Waals surface area contributed by atoms with E-state index in [9.17, 15) is 22.8 Å². The summed E-state index contributed by atoms with van der Waals surface area (Å²) in [5.41, 5.74) is 0.602. The Labute approximate surface area is 218 Å². The molecule has 1 aromatic carbocycles. The molecular formula is C27H30F3N6O2+. The van der Waals surface area contributed by atoms with Crippen LogP contribution < -0.4 is 9.88 Å². The van der Waals surface area contributed by atoms with Crippen molar-refractivity contribution >= 4 is 23.0 Å². The fourth-order valence-corrected chi connectivity index (χ4v) is 4.60. The summed E-state index contributed by atoms with van der Waals surface area (Å²) in [4.78, 5) is 36.2. The first-order chi connectivity index (χ1) is 17.8. The van der Waals surface area contributed by atoms with E-state index in [0.29, 0.717) is 48.4 Å². The number of benzene rings is 1. The Morgan fingerprint density at radius 1 is 1.18 bits per heavy atom. The smallest absolute Gasteiger partial charge is 0.341 e.